The first kappa shape index (κ1) is 56.8. The fraction of sp³-hybridized carbons (Fsp3) is 0.250. The van der Waals surface area contributed by atoms with Gasteiger partial charge in [-0.15, -0.1) is 0 Å². The van der Waals surface area contributed by atoms with E-state index in [0.717, 1.165) is 11.3 Å². The van der Waals surface area contributed by atoms with E-state index in [-0.39, 0.29) is 140 Å². The molecule has 0 atom stereocenters. The number of nitrogens with one attached hydrogen (secondary N) is 1. The van der Waals surface area contributed by atoms with Crippen LogP contribution in [0.3, 0.4) is 0 Å². The first-order valence-corrected chi connectivity index (χ1v) is 14.7. The Hall–Kier alpha value is -2.95. The Labute approximate surface area is 395 Å². The van der Waals surface area contributed by atoms with E-state index in [2.05, 4.69) is 29.6 Å². The summed E-state index contributed by atoms with van der Waals surface area (Å²) in [6, 6.07) is 20.3. The fourth-order valence-electron chi connectivity index (χ4n) is 3.42. The van der Waals surface area contributed by atoms with Crippen molar-refractivity contribution in [2.45, 2.75) is 27.2 Å². The number of phenols is 1. The molecule has 2 heterocycles. The van der Waals surface area contributed by atoms with E-state index in [4.69, 9.17) is 19.9 Å². The number of nitrogens with zero attached hydrogens (tertiary/aromatic N) is 2. The van der Waals surface area contributed by atoms with Crippen LogP contribution in [-0.4, -0.2) is 80.7 Å². The van der Waals surface area contributed by atoms with Crippen LogP contribution in [-0.2, 0) is 19.2 Å². The number of aromatic hydroxyl groups is 1. The number of halogens is 1. The molecule has 17 heteroatoms. The average Bonchev–Trinajstić information content (AvgIpc) is 3.18. The molecule has 2 N–H and O–H groups in total. The number of aromatic nitrogens is 2. The minimum Gasteiger partial charge on any atom is -1.00 e. The van der Waals surface area contributed by atoms with Gasteiger partial charge in [0.1, 0.15) is 22.9 Å². The summed E-state index contributed by atoms with van der Waals surface area (Å²) in [5.41, 5.74) is 3.63. The number of Topliss-reactive ketones (excluding diaryl/α,β-unsaturated/α-hetero) is 1. The third-order valence-corrected chi connectivity index (χ3v) is 5.89. The molecule has 0 saturated carbocycles. The molecular weight excluding hydrogens is 748 g/mol. The number of pyridine rings is 2. The Kier molecular flexibility index (Phi) is 38.6. The summed E-state index contributed by atoms with van der Waals surface area (Å²) in [5.74, 6) is 0.138. The van der Waals surface area contributed by atoms with Crippen molar-refractivity contribution in [2.24, 2.45) is 0 Å². The average molecular weight is 792 g/mol. The van der Waals surface area contributed by atoms with Crippen LogP contribution in [0.4, 0.5) is 4.39 Å². The zero-order valence-electron chi connectivity index (χ0n) is 32.7. The summed E-state index contributed by atoms with van der Waals surface area (Å²) < 4.78 is 23.7. The molecule has 4 aromatic rings. The van der Waals surface area contributed by atoms with E-state index in [1.54, 1.807) is 82.0 Å². The van der Waals surface area contributed by atoms with E-state index in [9.17, 15) is 23.6 Å². The number of amides is 1. The number of aryl methyl sites for hydroxylation is 2. The predicted octanol–water partition coefficient (Wildman–Crippen LogP) is -1.47. The first-order chi connectivity index (χ1) is 24.4. The molecular formula is C36H44FK2N3O11. The topological polar surface area (TPSA) is 203 Å². The number of carbonyl (C=O) groups is 5. The van der Waals surface area contributed by atoms with Gasteiger partial charge in [0.05, 0.1) is 39.6 Å². The SMILES string of the molecule is CCC(=O)c1ccccn1.CF.CNC(=O)c1ccccn1.COC(=O)c1ccc(O)cc1C.COC(=O)c1ccc(OC)cc1C.O=CO[O-].[H-].[K+].[K+]. The maximum absolute atomic E-state index is 11.2. The number of benzene rings is 2. The van der Waals surface area contributed by atoms with Gasteiger partial charge in [0.2, 0.25) is 0 Å². The van der Waals surface area contributed by atoms with Crippen molar-refractivity contribution in [3.8, 4) is 11.5 Å². The summed E-state index contributed by atoms with van der Waals surface area (Å²) in [7, 11) is 6.37. The molecule has 14 nitrogen and oxygen atoms in total. The molecule has 53 heavy (non-hydrogen) atoms. The molecule has 0 aliphatic heterocycles. The second-order valence-corrected chi connectivity index (χ2v) is 9.14. The number of rotatable bonds is 7. The van der Waals surface area contributed by atoms with Gasteiger partial charge in [0.25, 0.3) is 12.4 Å². The number of alkyl halides is 1. The fourth-order valence-corrected chi connectivity index (χ4v) is 3.42. The summed E-state index contributed by atoms with van der Waals surface area (Å²) in [6.07, 6.45) is 3.74. The van der Waals surface area contributed by atoms with E-state index < -0.39 is 0 Å². The third-order valence-electron chi connectivity index (χ3n) is 5.89. The molecule has 0 spiro atoms. The summed E-state index contributed by atoms with van der Waals surface area (Å²) >= 11 is 0. The van der Waals surface area contributed by atoms with Gasteiger partial charge in [-0.2, -0.15) is 0 Å². The zero-order chi connectivity index (χ0) is 39.2. The molecule has 0 unspecified atom stereocenters. The summed E-state index contributed by atoms with van der Waals surface area (Å²) in [6.45, 7) is 5.23. The molecule has 0 bridgehead atoms. The van der Waals surface area contributed by atoms with Gasteiger partial charge in [-0.05, 0) is 85.6 Å². The van der Waals surface area contributed by atoms with Crippen molar-refractivity contribution in [3.05, 3.63) is 119 Å². The molecule has 0 aliphatic rings. The van der Waals surface area contributed by atoms with Gasteiger partial charge >= 0.3 is 115 Å². The van der Waals surface area contributed by atoms with E-state index >= 15 is 0 Å². The number of phenolic OH excluding ortho intramolecular Hbond substituents is 1. The van der Waals surface area contributed by atoms with E-state index in [1.165, 1.54) is 32.4 Å². The second kappa shape index (κ2) is 36.1. The monoisotopic (exact) mass is 791 g/mol. The molecule has 2 aromatic carbocycles. The number of hydrogen-bond acceptors (Lipinski definition) is 13. The maximum atomic E-state index is 11.2. The van der Waals surface area contributed by atoms with Crippen LogP contribution in [0.2, 0.25) is 0 Å². The standard InChI is InChI=1S/C10H12O3.C9H10O3.C8H9NO.C7H8N2O.CH3F.CH2O3.2K.H/c1-7-6-8(12-2)4-5-9(7)10(11)13-3;1-6-5-7(10)3-4-8(6)9(11)12-2;1-2-8(10)7-5-3-4-6-9-7;1-8-7(10)6-4-2-3-5-9-6;1-2;2-1-4-3;;;/h4-6H,1-3H3;3-5,10H,1-2H3;3-6H,2H2,1H3;2-5H,1H3,(H,8,10);1H3;1,3H;;;/q;;;;;;2*+1;-1/p-1. The Balaban J connectivity index is -0.000000186. The predicted molar refractivity (Wildman–Crippen MR) is 185 cm³/mol. The molecule has 0 radical (unpaired) electrons. The molecule has 1 amide bonds. The van der Waals surface area contributed by atoms with E-state index in [1.807, 2.05) is 19.9 Å². The Morgan fingerprint density at radius 2 is 1.26 bits per heavy atom. The van der Waals surface area contributed by atoms with Crippen LogP contribution in [0, 0.1) is 13.8 Å². The normalized spacial score (nSPS) is 8.42. The zero-order valence-corrected chi connectivity index (χ0v) is 37.9. The van der Waals surface area contributed by atoms with Crippen LogP contribution < -0.4 is 118 Å². The van der Waals surface area contributed by atoms with Crippen molar-refractivity contribution in [3.63, 3.8) is 0 Å². The van der Waals surface area contributed by atoms with Crippen molar-refractivity contribution in [1.29, 1.82) is 0 Å². The molecule has 0 saturated heterocycles. The van der Waals surface area contributed by atoms with Gasteiger partial charge in [0.15, 0.2) is 5.78 Å². The second-order valence-electron chi connectivity index (χ2n) is 9.14. The number of ketones is 1. The molecule has 4 rings (SSSR count). The minimum atomic E-state index is -0.382. The molecule has 2 aromatic heterocycles. The Bertz CT molecular complexity index is 1580. The van der Waals surface area contributed by atoms with Crippen molar-refractivity contribution in [1.82, 2.24) is 15.3 Å². The van der Waals surface area contributed by atoms with Crippen LogP contribution in [0.25, 0.3) is 0 Å². The van der Waals surface area contributed by atoms with Gasteiger partial charge < -0.3 is 36.2 Å². The molecule has 0 fully saturated rings. The van der Waals surface area contributed by atoms with Crippen molar-refractivity contribution >= 4 is 30.1 Å². The minimum absolute atomic E-state index is 0. The number of methoxy groups -OCH3 is 3. The van der Waals surface area contributed by atoms with Crippen LogP contribution in [0.5, 0.6) is 11.5 Å². The summed E-state index contributed by atoms with van der Waals surface area (Å²) in [4.78, 5) is 63.0. The van der Waals surface area contributed by atoms with Crippen LogP contribution >= 0.6 is 0 Å². The van der Waals surface area contributed by atoms with E-state index in [0.29, 0.717) is 41.7 Å². The van der Waals surface area contributed by atoms with Gasteiger partial charge in [0, 0.05) is 25.9 Å². The van der Waals surface area contributed by atoms with Gasteiger partial charge in [-0.1, -0.05) is 19.1 Å². The van der Waals surface area contributed by atoms with Crippen LogP contribution in [0.1, 0.15) is 67.6 Å². The number of ether oxygens (including phenoxy) is 3. The Morgan fingerprint density at radius 1 is 0.811 bits per heavy atom. The maximum Gasteiger partial charge on any atom is 1.00 e. The number of hydrogen-bond donors (Lipinski definition) is 2. The number of carbonyl (C=O) groups excluding carboxylic acids is 5. The van der Waals surface area contributed by atoms with Crippen molar-refractivity contribution < 1.29 is 162 Å². The Morgan fingerprint density at radius 3 is 1.60 bits per heavy atom. The number of esters is 2. The first-order valence-electron chi connectivity index (χ1n) is 14.7. The largest absolute Gasteiger partial charge is 1.00 e. The quantitative estimate of drug-likeness (QED) is 0.0550. The smallest absolute Gasteiger partial charge is 1.00 e. The molecule has 278 valence electrons. The third kappa shape index (κ3) is 24.9. The van der Waals surface area contributed by atoms with Gasteiger partial charge in [-0.3, -0.25) is 28.7 Å². The molecule has 0 aliphatic carbocycles. The van der Waals surface area contributed by atoms with Gasteiger partial charge in [-0.25, -0.2) is 9.59 Å². The summed E-state index contributed by atoms with van der Waals surface area (Å²) in [5, 5.41) is 20.0. The van der Waals surface area contributed by atoms with Crippen molar-refractivity contribution in [2.75, 3.05) is 35.6 Å². The van der Waals surface area contributed by atoms with Crippen LogP contribution in [0.15, 0.2) is 85.2 Å².